The molecule has 1 aliphatic rings. The summed E-state index contributed by atoms with van der Waals surface area (Å²) in [5.74, 6) is 0.663. The first-order chi connectivity index (χ1) is 11.1. The van der Waals surface area contributed by atoms with Crippen LogP contribution in [-0.4, -0.2) is 47.8 Å². The van der Waals surface area contributed by atoms with Gasteiger partial charge >= 0.3 is 0 Å². The highest BCUT2D eigenvalue weighted by atomic mass is 16.6. The van der Waals surface area contributed by atoms with Crippen molar-refractivity contribution in [1.82, 2.24) is 9.80 Å². The monoisotopic (exact) mass is 314 g/mol. The van der Waals surface area contributed by atoms with E-state index in [-0.39, 0.29) is 23.5 Å². The van der Waals surface area contributed by atoms with Crippen LogP contribution in [0.25, 0.3) is 0 Å². The van der Waals surface area contributed by atoms with Crippen LogP contribution in [-0.2, 0) is 4.79 Å². The molecule has 6 nitrogen and oxygen atoms in total. The number of carbonyl (C=O) groups excluding carboxylic acids is 2. The van der Waals surface area contributed by atoms with Gasteiger partial charge in [0.1, 0.15) is 11.8 Å². The number of para-hydroxylation sites is 1. The van der Waals surface area contributed by atoms with Gasteiger partial charge in [0.2, 0.25) is 5.91 Å². The number of nitrogens with zero attached hydrogens (tertiary/aromatic N) is 2. The zero-order valence-corrected chi connectivity index (χ0v) is 13.1. The molecule has 1 unspecified atom stereocenters. The lowest BCUT2D eigenvalue weighted by Crippen LogP contribution is -2.56. The van der Waals surface area contributed by atoms with E-state index in [1.54, 1.807) is 43.1 Å². The second-order valence-corrected chi connectivity index (χ2v) is 5.47. The minimum absolute atomic E-state index is 0.0723. The van der Waals surface area contributed by atoms with Crippen molar-refractivity contribution in [2.75, 3.05) is 20.1 Å². The Morgan fingerprint density at radius 2 is 1.91 bits per heavy atom. The second kappa shape index (κ2) is 6.16. The number of hydrogen-bond donors (Lipinski definition) is 0. The molecule has 1 atom stereocenters. The zero-order chi connectivity index (χ0) is 16.4. The van der Waals surface area contributed by atoms with Gasteiger partial charge in [-0.3, -0.25) is 9.59 Å². The number of amides is 2. The van der Waals surface area contributed by atoms with Crippen molar-refractivity contribution in [2.24, 2.45) is 0 Å². The van der Waals surface area contributed by atoms with E-state index in [0.29, 0.717) is 18.8 Å². The summed E-state index contributed by atoms with van der Waals surface area (Å²) in [5, 5.41) is 0. The van der Waals surface area contributed by atoms with Gasteiger partial charge in [0.15, 0.2) is 5.76 Å². The average Bonchev–Trinajstić information content (AvgIpc) is 3.02. The summed E-state index contributed by atoms with van der Waals surface area (Å²) >= 11 is 0. The molecular formula is C17H18N2O4. The van der Waals surface area contributed by atoms with E-state index in [1.807, 2.05) is 18.2 Å². The Balaban J connectivity index is 1.72. The molecule has 1 saturated heterocycles. The molecular weight excluding hydrogens is 296 g/mol. The fraction of sp³-hybridized carbons (Fsp3) is 0.294. The topological polar surface area (TPSA) is 63.0 Å². The Morgan fingerprint density at radius 1 is 1.17 bits per heavy atom. The summed E-state index contributed by atoms with van der Waals surface area (Å²) in [6.45, 7) is 2.72. The fourth-order valence-electron chi connectivity index (χ4n) is 2.53. The molecule has 0 N–H and O–H groups in total. The summed E-state index contributed by atoms with van der Waals surface area (Å²) < 4.78 is 11.0. The lowest BCUT2D eigenvalue weighted by Gasteiger charge is -2.36. The Morgan fingerprint density at radius 3 is 2.65 bits per heavy atom. The highest BCUT2D eigenvalue weighted by Gasteiger charge is 2.34. The molecule has 2 aromatic rings. The predicted molar refractivity (Wildman–Crippen MR) is 83.4 cm³/mol. The quantitative estimate of drug-likeness (QED) is 0.872. The molecule has 0 saturated carbocycles. The van der Waals surface area contributed by atoms with Crippen LogP contribution in [0.4, 0.5) is 0 Å². The van der Waals surface area contributed by atoms with Crippen molar-refractivity contribution in [1.29, 1.82) is 0 Å². The maximum atomic E-state index is 12.5. The molecule has 1 fully saturated rings. The summed E-state index contributed by atoms with van der Waals surface area (Å²) in [5.41, 5.74) is 0. The molecule has 6 heteroatoms. The molecule has 23 heavy (non-hydrogen) atoms. The Bertz CT molecular complexity index is 710. The van der Waals surface area contributed by atoms with E-state index in [9.17, 15) is 9.59 Å². The number of likely N-dealkylation sites (N-methyl/N-ethyl adjacent to an activating group) is 1. The van der Waals surface area contributed by atoms with Gasteiger partial charge in [0, 0.05) is 26.2 Å². The molecule has 2 heterocycles. The third kappa shape index (κ3) is 3.06. The molecule has 0 aliphatic carbocycles. The van der Waals surface area contributed by atoms with Gasteiger partial charge in [0.25, 0.3) is 11.9 Å². The average molecular weight is 314 g/mol. The highest BCUT2D eigenvalue weighted by Crippen LogP contribution is 2.25. The van der Waals surface area contributed by atoms with E-state index in [4.69, 9.17) is 9.15 Å². The van der Waals surface area contributed by atoms with Gasteiger partial charge in [0.05, 0.1) is 0 Å². The Hall–Kier alpha value is -2.76. The van der Waals surface area contributed by atoms with Crippen molar-refractivity contribution in [3.8, 4) is 11.7 Å². The van der Waals surface area contributed by atoms with E-state index in [2.05, 4.69) is 0 Å². The molecule has 1 aliphatic heterocycles. The molecule has 1 aromatic heterocycles. The smallest absolute Gasteiger partial charge is 0.290 e. The number of ether oxygens (including phenoxy) is 1. The molecule has 3 rings (SSSR count). The van der Waals surface area contributed by atoms with Crippen LogP contribution in [0.3, 0.4) is 0 Å². The van der Waals surface area contributed by atoms with Crippen molar-refractivity contribution >= 4 is 11.8 Å². The number of carbonyl (C=O) groups is 2. The molecule has 2 amide bonds. The summed E-state index contributed by atoms with van der Waals surface area (Å²) in [6, 6.07) is 11.8. The summed E-state index contributed by atoms with van der Waals surface area (Å²) in [4.78, 5) is 27.7. The largest absolute Gasteiger partial charge is 0.426 e. The minimum atomic E-state index is -0.496. The number of furan rings is 1. The first-order valence-corrected chi connectivity index (χ1v) is 7.45. The van der Waals surface area contributed by atoms with E-state index < -0.39 is 6.04 Å². The Kier molecular flexibility index (Phi) is 4.06. The predicted octanol–water partition coefficient (Wildman–Crippen LogP) is 2.37. The SMILES string of the molecule is CC1C(=O)N(C)CCN1C(=O)c1ccc(Oc2ccccc2)o1. The standard InChI is InChI=1S/C17H18N2O4/c1-12-16(20)18(2)10-11-19(12)17(21)14-8-9-15(23-14)22-13-6-4-3-5-7-13/h3-9,12H,10-11H2,1-2H3. The third-order valence-corrected chi connectivity index (χ3v) is 3.89. The normalized spacial score (nSPS) is 18.2. The van der Waals surface area contributed by atoms with Crippen LogP contribution in [0.15, 0.2) is 46.9 Å². The molecule has 0 bridgehead atoms. The van der Waals surface area contributed by atoms with Gasteiger partial charge < -0.3 is 19.0 Å². The summed E-state index contributed by atoms with van der Waals surface area (Å²) in [7, 11) is 1.74. The van der Waals surface area contributed by atoms with Crippen LogP contribution in [0.1, 0.15) is 17.5 Å². The number of rotatable bonds is 3. The maximum Gasteiger partial charge on any atom is 0.290 e. The van der Waals surface area contributed by atoms with Crippen molar-refractivity contribution in [3.05, 3.63) is 48.2 Å². The van der Waals surface area contributed by atoms with Crippen LogP contribution in [0.5, 0.6) is 11.7 Å². The van der Waals surface area contributed by atoms with E-state index >= 15 is 0 Å². The van der Waals surface area contributed by atoms with Gasteiger partial charge in [-0.2, -0.15) is 0 Å². The summed E-state index contributed by atoms with van der Waals surface area (Å²) in [6.07, 6.45) is 0. The van der Waals surface area contributed by atoms with Crippen LogP contribution < -0.4 is 4.74 Å². The van der Waals surface area contributed by atoms with Gasteiger partial charge in [-0.1, -0.05) is 18.2 Å². The van der Waals surface area contributed by atoms with Crippen LogP contribution in [0, 0.1) is 0 Å². The lowest BCUT2D eigenvalue weighted by atomic mass is 10.1. The van der Waals surface area contributed by atoms with Crippen LogP contribution >= 0.6 is 0 Å². The van der Waals surface area contributed by atoms with Gasteiger partial charge in [-0.25, -0.2) is 0 Å². The number of hydrogen-bond acceptors (Lipinski definition) is 4. The van der Waals surface area contributed by atoms with Crippen molar-refractivity contribution in [2.45, 2.75) is 13.0 Å². The zero-order valence-electron chi connectivity index (χ0n) is 13.1. The third-order valence-electron chi connectivity index (χ3n) is 3.89. The Labute approximate surface area is 134 Å². The lowest BCUT2D eigenvalue weighted by molar-refractivity contribution is -0.137. The molecule has 1 aromatic carbocycles. The van der Waals surface area contributed by atoms with Gasteiger partial charge in [-0.05, 0) is 25.1 Å². The van der Waals surface area contributed by atoms with Crippen LogP contribution in [0.2, 0.25) is 0 Å². The van der Waals surface area contributed by atoms with Gasteiger partial charge in [-0.15, -0.1) is 0 Å². The number of piperazine rings is 1. The molecule has 0 spiro atoms. The first kappa shape index (κ1) is 15.1. The van der Waals surface area contributed by atoms with Crippen molar-refractivity contribution < 1.29 is 18.7 Å². The second-order valence-electron chi connectivity index (χ2n) is 5.47. The minimum Gasteiger partial charge on any atom is -0.426 e. The molecule has 120 valence electrons. The highest BCUT2D eigenvalue weighted by molar-refractivity contribution is 5.96. The van der Waals surface area contributed by atoms with E-state index in [1.165, 1.54) is 4.90 Å². The first-order valence-electron chi connectivity index (χ1n) is 7.45. The fourth-order valence-corrected chi connectivity index (χ4v) is 2.53. The van der Waals surface area contributed by atoms with E-state index in [0.717, 1.165) is 0 Å². The number of benzene rings is 1. The maximum absolute atomic E-state index is 12.5. The van der Waals surface area contributed by atoms with Crippen molar-refractivity contribution in [3.63, 3.8) is 0 Å². The molecule has 0 radical (unpaired) electrons.